The molecule has 2 aromatic rings. The lowest BCUT2D eigenvalue weighted by atomic mass is 10.1. The van der Waals surface area contributed by atoms with Crippen molar-refractivity contribution in [3.8, 4) is 11.5 Å². The molecule has 2 atom stereocenters. The average molecular weight is 529 g/mol. The number of nitrogens with one attached hydrogen (secondary N) is 2. The molecule has 0 radical (unpaired) electrons. The van der Waals surface area contributed by atoms with Gasteiger partial charge in [0.15, 0.2) is 0 Å². The number of ether oxygens (including phenoxy) is 4. The summed E-state index contributed by atoms with van der Waals surface area (Å²) in [6.07, 6.45) is 3.52. The summed E-state index contributed by atoms with van der Waals surface area (Å²) in [5.74, 6) is 0.00618. The molecule has 1 aromatic heterocycles. The van der Waals surface area contributed by atoms with Crippen molar-refractivity contribution in [2.75, 3.05) is 32.8 Å². The van der Waals surface area contributed by atoms with E-state index in [2.05, 4.69) is 20.6 Å². The van der Waals surface area contributed by atoms with Gasteiger partial charge in [-0.3, -0.25) is 0 Å². The van der Waals surface area contributed by atoms with E-state index in [1.807, 2.05) is 0 Å². The molecule has 35 heavy (non-hydrogen) atoms. The molecule has 1 aliphatic rings. The molecular weight excluding hydrogens is 502 g/mol. The van der Waals surface area contributed by atoms with Crippen molar-refractivity contribution in [1.29, 1.82) is 0 Å². The van der Waals surface area contributed by atoms with Crippen molar-refractivity contribution in [2.24, 2.45) is 0 Å². The number of nitrogens with zero attached hydrogens (tertiary/aromatic N) is 2. The quantitative estimate of drug-likeness (QED) is 0.518. The molecule has 2 heterocycles. The highest BCUT2D eigenvalue weighted by atomic mass is 35.5. The maximum atomic E-state index is 15.1. The van der Waals surface area contributed by atoms with Gasteiger partial charge in [0.1, 0.15) is 22.9 Å². The predicted molar refractivity (Wildman–Crippen MR) is 132 cm³/mol. The van der Waals surface area contributed by atoms with Gasteiger partial charge >= 0.3 is 6.09 Å². The lowest BCUT2D eigenvalue weighted by molar-refractivity contribution is 0.0497. The summed E-state index contributed by atoms with van der Waals surface area (Å²) in [7, 11) is 2.81. The lowest BCUT2D eigenvalue weighted by Gasteiger charge is -2.24. The van der Waals surface area contributed by atoms with E-state index in [1.165, 1.54) is 38.8 Å². The first-order chi connectivity index (χ1) is 16.5. The third-order valence-corrected chi connectivity index (χ3v) is 5.63. The first kappa shape index (κ1) is 26.8. The van der Waals surface area contributed by atoms with E-state index >= 15 is 4.39 Å². The first-order valence-corrected chi connectivity index (χ1v) is 11.4. The Morgan fingerprint density at radius 1 is 1.11 bits per heavy atom. The second kappa shape index (κ2) is 11.3. The Morgan fingerprint density at radius 2 is 1.69 bits per heavy atom. The number of halogens is 3. The van der Waals surface area contributed by atoms with Crippen molar-refractivity contribution < 1.29 is 28.1 Å². The highest BCUT2D eigenvalue weighted by molar-refractivity contribution is 6.39. The van der Waals surface area contributed by atoms with Gasteiger partial charge in [-0.1, -0.05) is 23.2 Å². The monoisotopic (exact) mass is 528 g/mol. The van der Waals surface area contributed by atoms with Gasteiger partial charge in [-0.05, 0) is 26.8 Å². The summed E-state index contributed by atoms with van der Waals surface area (Å²) in [6, 6.07) is 0.864. The van der Waals surface area contributed by atoms with Gasteiger partial charge in [-0.15, -0.1) is 0 Å². The van der Waals surface area contributed by atoms with E-state index in [1.54, 1.807) is 20.8 Å². The Bertz CT molecular complexity index is 1060. The van der Waals surface area contributed by atoms with Gasteiger partial charge in [-0.25, -0.2) is 19.2 Å². The topological polar surface area (TPSA) is 104 Å². The highest BCUT2D eigenvalue weighted by Crippen LogP contribution is 2.44. The van der Waals surface area contributed by atoms with Crippen LogP contribution in [0.5, 0.6) is 11.5 Å². The van der Waals surface area contributed by atoms with Crippen LogP contribution in [0.4, 0.5) is 15.1 Å². The minimum atomic E-state index is -0.715. The SMILES string of the molecule is COc1cc(OC)c(Cl)c(/C(F)=C/c2cnc(N[C@@H]3COCC3NC(=O)OC(C)(C)C)nc2)c1Cl. The summed E-state index contributed by atoms with van der Waals surface area (Å²) in [5.41, 5.74) is -0.308. The van der Waals surface area contributed by atoms with Crippen LogP contribution < -0.4 is 20.1 Å². The first-order valence-electron chi connectivity index (χ1n) is 10.7. The average Bonchev–Trinajstić information content (AvgIpc) is 3.20. The number of carbonyl (C=O) groups is 1. The standard InChI is InChI=1S/C23H27Cl2FN4O5/c1-23(2,3)35-22(31)30-15-11-34-10-14(15)29-21-27-8-12(9-28-21)6-13(26)18-19(24)16(32-4)7-17(33-5)20(18)25/h6-9,14-15H,10-11H2,1-5H3,(H,30,31)(H,27,28,29)/b13-6-/t14-,15?/m1/s1. The Kier molecular flexibility index (Phi) is 8.63. The summed E-state index contributed by atoms with van der Waals surface area (Å²) in [6.45, 7) is 6.01. The van der Waals surface area contributed by atoms with Crippen molar-refractivity contribution in [1.82, 2.24) is 15.3 Å². The number of rotatable bonds is 7. The third kappa shape index (κ3) is 6.87. The second-order valence-electron chi connectivity index (χ2n) is 8.66. The lowest BCUT2D eigenvalue weighted by Crippen LogP contribution is -2.47. The fraction of sp³-hybridized carbons (Fsp3) is 0.435. The minimum Gasteiger partial charge on any atom is -0.495 e. The third-order valence-electron chi connectivity index (χ3n) is 4.87. The van der Waals surface area contributed by atoms with Crippen LogP contribution in [0, 0.1) is 0 Å². The fourth-order valence-corrected chi connectivity index (χ4v) is 3.95. The van der Waals surface area contributed by atoms with Crippen LogP contribution in [0.15, 0.2) is 18.5 Å². The molecular formula is C23H27Cl2FN4O5. The smallest absolute Gasteiger partial charge is 0.408 e. The van der Waals surface area contributed by atoms with Crippen LogP contribution in [-0.2, 0) is 9.47 Å². The van der Waals surface area contributed by atoms with Crippen LogP contribution >= 0.6 is 23.2 Å². The Hall–Kier alpha value is -2.82. The molecule has 1 fully saturated rings. The van der Waals surface area contributed by atoms with E-state index in [0.29, 0.717) is 18.8 Å². The molecule has 9 nitrogen and oxygen atoms in total. The highest BCUT2D eigenvalue weighted by Gasteiger charge is 2.31. The van der Waals surface area contributed by atoms with Gasteiger partial charge in [0, 0.05) is 24.0 Å². The minimum absolute atomic E-state index is 0.0102. The number of amides is 1. The van der Waals surface area contributed by atoms with Crippen LogP contribution in [0.25, 0.3) is 11.9 Å². The van der Waals surface area contributed by atoms with E-state index in [-0.39, 0.29) is 45.1 Å². The zero-order valence-corrected chi connectivity index (χ0v) is 21.5. The second-order valence-corrected chi connectivity index (χ2v) is 9.41. The number of benzene rings is 1. The molecule has 1 aromatic carbocycles. The normalized spacial score (nSPS) is 18.2. The number of hydrogen-bond acceptors (Lipinski definition) is 8. The molecule has 1 aliphatic heterocycles. The van der Waals surface area contributed by atoms with Crippen molar-refractivity contribution >= 4 is 47.1 Å². The van der Waals surface area contributed by atoms with E-state index < -0.39 is 17.5 Å². The zero-order chi connectivity index (χ0) is 25.8. The number of aromatic nitrogens is 2. The van der Waals surface area contributed by atoms with Crippen molar-refractivity contribution in [2.45, 2.75) is 38.5 Å². The van der Waals surface area contributed by atoms with Gasteiger partial charge in [0.2, 0.25) is 5.95 Å². The Labute approximate surface area is 212 Å². The van der Waals surface area contributed by atoms with Gasteiger partial charge in [0.25, 0.3) is 0 Å². The molecule has 3 rings (SSSR count). The van der Waals surface area contributed by atoms with Crippen LogP contribution in [0.1, 0.15) is 31.9 Å². The van der Waals surface area contributed by atoms with E-state index in [0.717, 1.165) is 0 Å². The van der Waals surface area contributed by atoms with E-state index in [4.69, 9.17) is 42.1 Å². The summed E-state index contributed by atoms with van der Waals surface area (Å²) < 4.78 is 36.2. The maximum absolute atomic E-state index is 15.1. The van der Waals surface area contributed by atoms with Gasteiger partial charge in [0.05, 0.1) is 55.1 Å². The number of alkyl carbamates (subject to hydrolysis) is 1. The molecule has 0 saturated carbocycles. The predicted octanol–water partition coefficient (Wildman–Crippen LogP) is 4.97. The van der Waals surface area contributed by atoms with E-state index in [9.17, 15) is 4.79 Å². The van der Waals surface area contributed by atoms with Crippen molar-refractivity contribution in [3.05, 3.63) is 39.6 Å². The molecule has 1 unspecified atom stereocenters. The summed E-state index contributed by atoms with van der Waals surface area (Å²) in [5, 5.41) is 5.91. The number of hydrogen-bond donors (Lipinski definition) is 2. The molecule has 0 bridgehead atoms. The maximum Gasteiger partial charge on any atom is 0.408 e. The summed E-state index contributed by atoms with van der Waals surface area (Å²) >= 11 is 12.5. The largest absolute Gasteiger partial charge is 0.495 e. The van der Waals surface area contributed by atoms with Crippen molar-refractivity contribution in [3.63, 3.8) is 0 Å². The molecule has 1 saturated heterocycles. The zero-order valence-electron chi connectivity index (χ0n) is 19.9. The molecule has 0 spiro atoms. The molecule has 2 N–H and O–H groups in total. The summed E-state index contributed by atoms with van der Waals surface area (Å²) in [4.78, 5) is 20.5. The molecule has 190 valence electrons. The Morgan fingerprint density at radius 3 is 2.23 bits per heavy atom. The molecule has 1 amide bonds. The van der Waals surface area contributed by atoms with Crippen LogP contribution in [0.3, 0.4) is 0 Å². The number of anilines is 1. The Balaban J connectivity index is 1.72. The van der Waals surface area contributed by atoms with Gasteiger partial charge in [-0.2, -0.15) is 0 Å². The number of methoxy groups -OCH3 is 2. The molecule has 12 heteroatoms. The molecule has 0 aliphatic carbocycles. The number of carbonyl (C=O) groups excluding carboxylic acids is 1. The van der Waals surface area contributed by atoms with Crippen LogP contribution in [-0.4, -0.2) is 61.2 Å². The fourth-order valence-electron chi connectivity index (χ4n) is 3.26. The van der Waals surface area contributed by atoms with Crippen LogP contribution in [0.2, 0.25) is 10.0 Å². The van der Waals surface area contributed by atoms with Gasteiger partial charge < -0.3 is 29.6 Å².